The minimum absolute atomic E-state index is 0.0825. The maximum Gasteiger partial charge on any atom is 0.321 e. The molecule has 1 aliphatic heterocycles. The van der Waals surface area contributed by atoms with Gasteiger partial charge in [-0.2, -0.15) is 0 Å². The van der Waals surface area contributed by atoms with Crippen LogP contribution in [0.25, 0.3) is 0 Å². The fourth-order valence-electron chi connectivity index (χ4n) is 4.35. The summed E-state index contributed by atoms with van der Waals surface area (Å²) in [6.07, 6.45) is 6.58. The second-order valence-corrected chi connectivity index (χ2v) is 7.24. The standard InChI is InChI=1S/C19H28N2O/c1-13-10-14(2)18(15(3)11-13)20-19(22)21-9-8-16-6-4-5-7-17(16)12-21/h10-11,16-17H,4-9,12H2,1-3H3,(H,20,22)/t16-,17+/m0/s1. The summed E-state index contributed by atoms with van der Waals surface area (Å²) in [7, 11) is 0. The molecule has 1 aromatic carbocycles. The summed E-state index contributed by atoms with van der Waals surface area (Å²) in [5.74, 6) is 1.59. The van der Waals surface area contributed by atoms with E-state index in [4.69, 9.17) is 0 Å². The van der Waals surface area contributed by atoms with Crippen LogP contribution in [0.5, 0.6) is 0 Å². The number of carbonyl (C=O) groups excluding carboxylic acids is 1. The molecule has 2 fully saturated rings. The van der Waals surface area contributed by atoms with E-state index in [1.54, 1.807) is 0 Å². The summed E-state index contributed by atoms with van der Waals surface area (Å²) in [6, 6.07) is 4.35. The zero-order valence-corrected chi connectivity index (χ0v) is 14.1. The molecule has 2 aliphatic rings. The monoisotopic (exact) mass is 300 g/mol. The number of nitrogens with zero attached hydrogens (tertiary/aromatic N) is 1. The molecule has 0 radical (unpaired) electrons. The Morgan fingerprint density at radius 2 is 1.68 bits per heavy atom. The minimum Gasteiger partial charge on any atom is -0.324 e. The van der Waals surface area contributed by atoms with Crippen molar-refractivity contribution in [2.45, 2.75) is 52.9 Å². The van der Waals surface area contributed by atoms with Gasteiger partial charge in [-0.3, -0.25) is 0 Å². The highest BCUT2D eigenvalue weighted by Gasteiger charge is 2.33. The Morgan fingerprint density at radius 1 is 1.05 bits per heavy atom. The molecule has 2 amide bonds. The Balaban J connectivity index is 1.67. The van der Waals surface area contributed by atoms with Crippen LogP contribution in [0.2, 0.25) is 0 Å². The molecule has 0 aromatic heterocycles. The summed E-state index contributed by atoms with van der Waals surface area (Å²) < 4.78 is 0. The number of hydrogen-bond acceptors (Lipinski definition) is 1. The van der Waals surface area contributed by atoms with E-state index < -0.39 is 0 Å². The summed E-state index contributed by atoms with van der Waals surface area (Å²) in [6.45, 7) is 8.10. The van der Waals surface area contributed by atoms with Gasteiger partial charge in [-0.1, -0.05) is 37.0 Å². The highest BCUT2D eigenvalue weighted by molar-refractivity contribution is 5.91. The zero-order valence-electron chi connectivity index (χ0n) is 14.1. The average Bonchev–Trinajstić information content (AvgIpc) is 2.50. The first-order valence-corrected chi connectivity index (χ1v) is 8.68. The summed E-state index contributed by atoms with van der Waals surface area (Å²) in [5.41, 5.74) is 4.54. The van der Waals surface area contributed by atoms with E-state index >= 15 is 0 Å². The SMILES string of the molecule is Cc1cc(C)c(NC(=O)N2CC[C@@H]3CCCC[C@@H]3C2)c(C)c1. The Labute approximate surface area is 134 Å². The number of fused-ring (bicyclic) bond motifs is 1. The quantitative estimate of drug-likeness (QED) is 0.804. The number of hydrogen-bond donors (Lipinski definition) is 1. The number of carbonyl (C=O) groups is 1. The predicted octanol–water partition coefficient (Wildman–Crippen LogP) is 4.66. The van der Waals surface area contributed by atoms with E-state index in [0.717, 1.165) is 41.7 Å². The zero-order chi connectivity index (χ0) is 15.7. The molecule has 0 bridgehead atoms. The third-order valence-corrected chi connectivity index (χ3v) is 5.49. The molecule has 3 nitrogen and oxygen atoms in total. The van der Waals surface area contributed by atoms with Crippen LogP contribution in [0, 0.1) is 32.6 Å². The van der Waals surface area contributed by atoms with Gasteiger partial charge >= 0.3 is 6.03 Å². The van der Waals surface area contributed by atoms with Gasteiger partial charge in [0.1, 0.15) is 0 Å². The smallest absolute Gasteiger partial charge is 0.321 e. The first-order valence-electron chi connectivity index (χ1n) is 8.68. The van der Waals surface area contributed by atoms with Crippen LogP contribution < -0.4 is 5.32 Å². The van der Waals surface area contributed by atoms with E-state index in [2.05, 4.69) is 38.2 Å². The minimum atomic E-state index is 0.0825. The van der Waals surface area contributed by atoms with E-state index in [0.29, 0.717) is 0 Å². The van der Waals surface area contributed by atoms with E-state index in [1.807, 2.05) is 4.90 Å². The summed E-state index contributed by atoms with van der Waals surface area (Å²) in [4.78, 5) is 14.7. The molecule has 0 unspecified atom stereocenters. The van der Waals surface area contributed by atoms with Gasteiger partial charge in [0.2, 0.25) is 0 Å². The number of amides is 2. The van der Waals surface area contributed by atoms with E-state index in [9.17, 15) is 4.79 Å². The van der Waals surface area contributed by atoms with Crippen LogP contribution in [-0.2, 0) is 0 Å². The van der Waals surface area contributed by atoms with Crippen LogP contribution in [0.4, 0.5) is 10.5 Å². The van der Waals surface area contributed by atoms with Crippen LogP contribution in [0.15, 0.2) is 12.1 Å². The fraction of sp³-hybridized carbons (Fsp3) is 0.632. The van der Waals surface area contributed by atoms with Crippen LogP contribution in [0.3, 0.4) is 0 Å². The highest BCUT2D eigenvalue weighted by Crippen LogP contribution is 2.36. The lowest BCUT2D eigenvalue weighted by Crippen LogP contribution is -2.46. The molecule has 3 heteroatoms. The topological polar surface area (TPSA) is 32.3 Å². The summed E-state index contributed by atoms with van der Waals surface area (Å²) >= 11 is 0. The molecule has 1 heterocycles. The van der Waals surface area contributed by atoms with Crippen molar-refractivity contribution in [3.8, 4) is 0 Å². The lowest BCUT2D eigenvalue weighted by atomic mass is 9.75. The van der Waals surface area contributed by atoms with Crippen molar-refractivity contribution in [1.29, 1.82) is 0 Å². The first kappa shape index (κ1) is 15.4. The van der Waals surface area contributed by atoms with Crippen molar-refractivity contribution in [1.82, 2.24) is 4.90 Å². The number of aryl methyl sites for hydroxylation is 3. The van der Waals surface area contributed by atoms with Crippen LogP contribution >= 0.6 is 0 Å². The molecule has 3 rings (SSSR count). The Bertz CT molecular complexity index is 544. The van der Waals surface area contributed by atoms with Crippen molar-refractivity contribution in [2.24, 2.45) is 11.8 Å². The van der Waals surface area contributed by atoms with Crippen molar-refractivity contribution >= 4 is 11.7 Å². The Morgan fingerprint density at radius 3 is 2.36 bits per heavy atom. The second-order valence-electron chi connectivity index (χ2n) is 7.24. The van der Waals surface area contributed by atoms with Gasteiger partial charge < -0.3 is 10.2 Å². The van der Waals surface area contributed by atoms with E-state index in [-0.39, 0.29) is 6.03 Å². The number of piperidine rings is 1. The first-order chi connectivity index (χ1) is 10.5. The number of rotatable bonds is 1. The van der Waals surface area contributed by atoms with Gasteiger partial charge in [0, 0.05) is 18.8 Å². The molecule has 0 spiro atoms. The van der Waals surface area contributed by atoms with Crippen LogP contribution in [0.1, 0.15) is 48.8 Å². The highest BCUT2D eigenvalue weighted by atomic mass is 16.2. The summed E-state index contributed by atoms with van der Waals surface area (Å²) in [5, 5.41) is 3.16. The number of benzene rings is 1. The van der Waals surface area contributed by atoms with Gasteiger partial charge in [-0.05, 0) is 56.6 Å². The molecule has 1 aromatic rings. The number of likely N-dealkylation sites (tertiary alicyclic amines) is 1. The lowest BCUT2D eigenvalue weighted by molar-refractivity contribution is 0.108. The molecular formula is C19H28N2O. The lowest BCUT2D eigenvalue weighted by Gasteiger charge is -2.41. The van der Waals surface area contributed by atoms with Gasteiger partial charge in [-0.15, -0.1) is 0 Å². The van der Waals surface area contributed by atoms with Crippen molar-refractivity contribution < 1.29 is 4.79 Å². The maximum absolute atomic E-state index is 12.6. The third kappa shape index (κ3) is 3.13. The van der Waals surface area contributed by atoms with Gasteiger partial charge in [0.05, 0.1) is 0 Å². The largest absolute Gasteiger partial charge is 0.324 e. The fourth-order valence-corrected chi connectivity index (χ4v) is 4.35. The molecular weight excluding hydrogens is 272 g/mol. The Kier molecular flexibility index (Phi) is 4.42. The Hall–Kier alpha value is -1.51. The molecule has 1 saturated carbocycles. The second kappa shape index (κ2) is 6.31. The molecule has 2 atom stereocenters. The van der Waals surface area contributed by atoms with Gasteiger partial charge in [0.15, 0.2) is 0 Å². The number of nitrogens with one attached hydrogen (secondary N) is 1. The van der Waals surface area contributed by atoms with E-state index in [1.165, 1.54) is 37.7 Å². The molecule has 1 N–H and O–H groups in total. The van der Waals surface area contributed by atoms with Crippen molar-refractivity contribution in [3.63, 3.8) is 0 Å². The maximum atomic E-state index is 12.6. The average molecular weight is 300 g/mol. The predicted molar refractivity (Wildman–Crippen MR) is 91.3 cm³/mol. The molecule has 1 saturated heterocycles. The molecule has 120 valence electrons. The van der Waals surface area contributed by atoms with Gasteiger partial charge in [0.25, 0.3) is 0 Å². The normalized spacial score (nSPS) is 24.8. The third-order valence-electron chi connectivity index (χ3n) is 5.49. The van der Waals surface area contributed by atoms with Crippen molar-refractivity contribution in [3.05, 3.63) is 28.8 Å². The molecule has 22 heavy (non-hydrogen) atoms. The number of urea groups is 1. The molecule has 1 aliphatic carbocycles. The number of anilines is 1. The van der Waals surface area contributed by atoms with Gasteiger partial charge in [-0.25, -0.2) is 4.79 Å². The van der Waals surface area contributed by atoms with Crippen molar-refractivity contribution in [2.75, 3.05) is 18.4 Å². The van der Waals surface area contributed by atoms with Crippen LogP contribution in [-0.4, -0.2) is 24.0 Å².